The molecule has 1 aromatic heterocycles. The minimum absolute atomic E-state index is 0. The van der Waals surface area contributed by atoms with Crippen LogP contribution < -0.4 is 5.32 Å². The lowest BCUT2D eigenvalue weighted by atomic mass is 10.0. The summed E-state index contributed by atoms with van der Waals surface area (Å²) in [5.41, 5.74) is 1.54. The number of fused-ring (bicyclic) bond motifs is 1. The number of carbonyl (C=O) groups is 1. The Morgan fingerprint density at radius 3 is 2.48 bits per heavy atom. The summed E-state index contributed by atoms with van der Waals surface area (Å²) in [5.74, 6) is 1.29. The smallest absolute Gasteiger partial charge is 0.257 e. The van der Waals surface area contributed by atoms with Gasteiger partial charge in [-0.05, 0) is 36.1 Å². The van der Waals surface area contributed by atoms with Gasteiger partial charge >= 0.3 is 0 Å². The molecule has 2 aliphatic heterocycles. The SMILES string of the molecule is Cl.O=C(c1cnn(-c2ccc(Cl)cc2)c1)N1C[C@H]2CNC[C@H]2C1. The van der Waals surface area contributed by atoms with Crippen molar-refractivity contribution in [2.45, 2.75) is 0 Å². The minimum Gasteiger partial charge on any atom is -0.338 e. The van der Waals surface area contributed by atoms with Crippen LogP contribution in [0.5, 0.6) is 0 Å². The zero-order valence-corrected chi connectivity index (χ0v) is 14.1. The number of hydrogen-bond donors (Lipinski definition) is 1. The van der Waals surface area contributed by atoms with Gasteiger partial charge < -0.3 is 10.2 Å². The molecular formula is C16H18Cl2N4O. The summed E-state index contributed by atoms with van der Waals surface area (Å²) in [6.07, 6.45) is 3.43. The third kappa shape index (κ3) is 3.09. The maximum atomic E-state index is 12.6. The summed E-state index contributed by atoms with van der Waals surface area (Å²) in [7, 11) is 0. The Balaban J connectivity index is 0.00000156. The lowest BCUT2D eigenvalue weighted by molar-refractivity contribution is 0.0781. The summed E-state index contributed by atoms with van der Waals surface area (Å²) in [6, 6.07) is 7.40. The van der Waals surface area contributed by atoms with E-state index in [0.29, 0.717) is 22.4 Å². The van der Waals surface area contributed by atoms with E-state index >= 15 is 0 Å². The Kier molecular flexibility index (Phi) is 4.62. The average molecular weight is 353 g/mol. The van der Waals surface area contributed by atoms with Crippen molar-refractivity contribution in [1.29, 1.82) is 0 Å². The number of carbonyl (C=O) groups excluding carboxylic acids is 1. The minimum atomic E-state index is 0. The molecular weight excluding hydrogens is 335 g/mol. The molecule has 122 valence electrons. The van der Waals surface area contributed by atoms with Crippen molar-refractivity contribution in [3.63, 3.8) is 0 Å². The Morgan fingerprint density at radius 2 is 1.83 bits per heavy atom. The molecule has 2 saturated heterocycles. The fraction of sp³-hybridized carbons (Fsp3) is 0.375. The van der Waals surface area contributed by atoms with Gasteiger partial charge in [-0.2, -0.15) is 5.10 Å². The Hall–Kier alpha value is -1.56. The molecule has 3 heterocycles. The second-order valence-electron chi connectivity index (χ2n) is 6.04. The lowest BCUT2D eigenvalue weighted by Crippen LogP contribution is -2.31. The number of halogens is 2. The summed E-state index contributed by atoms with van der Waals surface area (Å²) in [6.45, 7) is 3.75. The molecule has 0 unspecified atom stereocenters. The van der Waals surface area contributed by atoms with E-state index in [1.807, 2.05) is 29.2 Å². The molecule has 7 heteroatoms. The largest absolute Gasteiger partial charge is 0.338 e. The Morgan fingerprint density at radius 1 is 1.17 bits per heavy atom. The van der Waals surface area contributed by atoms with Crippen LogP contribution in [-0.4, -0.2) is 46.8 Å². The van der Waals surface area contributed by atoms with Crippen LogP contribution in [0.15, 0.2) is 36.7 Å². The number of likely N-dealkylation sites (tertiary alicyclic amines) is 1. The van der Waals surface area contributed by atoms with E-state index in [1.54, 1.807) is 17.1 Å². The first kappa shape index (κ1) is 16.3. The highest BCUT2D eigenvalue weighted by atomic mass is 35.5. The second kappa shape index (κ2) is 6.51. The van der Waals surface area contributed by atoms with Gasteiger partial charge in [0.25, 0.3) is 5.91 Å². The average Bonchev–Trinajstić information content (AvgIpc) is 3.22. The van der Waals surface area contributed by atoms with Crippen LogP contribution in [-0.2, 0) is 0 Å². The zero-order chi connectivity index (χ0) is 15.1. The van der Waals surface area contributed by atoms with E-state index in [9.17, 15) is 4.79 Å². The van der Waals surface area contributed by atoms with Gasteiger partial charge in [0.1, 0.15) is 0 Å². The number of hydrogen-bond acceptors (Lipinski definition) is 3. The zero-order valence-electron chi connectivity index (χ0n) is 12.5. The highest BCUT2D eigenvalue weighted by Crippen LogP contribution is 2.27. The molecule has 4 rings (SSSR count). The molecule has 0 bridgehead atoms. The van der Waals surface area contributed by atoms with Crippen molar-refractivity contribution in [2.24, 2.45) is 11.8 Å². The molecule has 0 spiro atoms. The van der Waals surface area contributed by atoms with Gasteiger partial charge in [-0.15, -0.1) is 12.4 Å². The van der Waals surface area contributed by atoms with Crippen molar-refractivity contribution in [2.75, 3.05) is 26.2 Å². The van der Waals surface area contributed by atoms with Gasteiger partial charge in [-0.1, -0.05) is 11.6 Å². The summed E-state index contributed by atoms with van der Waals surface area (Å²) in [5, 5.41) is 8.37. The summed E-state index contributed by atoms with van der Waals surface area (Å²) in [4.78, 5) is 14.6. The van der Waals surface area contributed by atoms with E-state index in [-0.39, 0.29) is 18.3 Å². The molecule has 0 aliphatic carbocycles. The molecule has 2 aliphatic rings. The molecule has 2 aromatic rings. The number of nitrogens with one attached hydrogen (secondary N) is 1. The van der Waals surface area contributed by atoms with E-state index in [2.05, 4.69) is 10.4 Å². The fourth-order valence-electron chi connectivity index (χ4n) is 3.37. The van der Waals surface area contributed by atoms with Crippen molar-refractivity contribution in [1.82, 2.24) is 20.0 Å². The third-order valence-electron chi connectivity index (χ3n) is 4.60. The number of amides is 1. The number of rotatable bonds is 2. The molecule has 0 radical (unpaired) electrons. The Bertz CT molecular complexity index is 688. The highest BCUT2D eigenvalue weighted by molar-refractivity contribution is 6.30. The van der Waals surface area contributed by atoms with E-state index in [1.165, 1.54) is 0 Å². The highest BCUT2D eigenvalue weighted by Gasteiger charge is 2.38. The van der Waals surface area contributed by atoms with E-state index in [0.717, 1.165) is 31.9 Å². The van der Waals surface area contributed by atoms with Gasteiger partial charge in [0.15, 0.2) is 0 Å². The van der Waals surface area contributed by atoms with E-state index < -0.39 is 0 Å². The number of nitrogens with zero attached hydrogens (tertiary/aromatic N) is 3. The molecule has 0 saturated carbocycles. The normalized spacial score (nSPS) is 22.7. The molecule has 5 nitrogen and oxygen atoms in total. The van der Waals surface area contributed by atoms with Crippen LogP contribution in [0.2, 0.25) is 5.02 Å². The van der Waals surface area contributed by atoms with Crippen molar-refractivity contribution in [3.8, 4) is 5.69 Å². The van der Waals surface area contributed by atoms with Crippen LogP contribution in [0.1, 0.15) is 10.4 Å². The standard InChI is InChI=1S/C16H17ClN4O.ClH/c17-14-1-3-15(4-2-14)21-10-13(7-19-21)16(22)20-8-11-5-18-6-12(11)9-20;/h1-4,7,10-12,18H,5-6,8-9H2;1H/t11-,12+;. The van der Waals surface area contributed by atoms with Crippen LogP contribution in [0.4, 0.5) is 0 Å². The predicted molar refractivity (Wildman–Crippen MR) is 91.6 cm³/mol. The Labute approximate surface area is 146 Å². The molecule has 1 amide bonds. The topological polar surface area (TPSA) is 50.2 Å². The maximum Gasteiger partial charge on any atom is 0.257 e. The van der Waals surface area contributed by atoms with Crippen LogP contribution in [0.3, 0.4) is 0 Å². The van der Waals surface area contributed by atoms with Gasteiger partial charge in [0.2, 0.25) is 0 Å². The predicted octanol–water partition coefficient (Wildman–Crippen LogP) is 2.24. The molecule has 1 N–H and O–H groups in total. The van der Waals surface area contributed by atoms with Gasteiger partial charge in [-0.25, -0.2) is 4.68 Å². The maximum absolute atomic E-state index is 12.6. The van der Waals surface area contributed by atoms with E-state index in [4.69, 9.17) is 11.6 Å². The molecule has 23 heavy (non-hydrogen) atoms. The third-order valence-corrected chi connectivity index (χ3v) is 4.85. The van der Waals surface area contributed by atoms with Crippen LogP contribution >= 0.6 is 24.0 Å². The van der Waals surface area contributed by atoms with Gasteiger partial charge in [0, 0.05) is 37.4 Å². The van der Waals surface area contributed by atoms with Crippen LogP contribution in [0, 0.1) is 11.8 Å². The summed E-state index contributed by atoms with van der Waals surface area (Å²) >= 11 is 5.89. The van der Waals surface area contributed by atoms with Crippen molar-refractivity contribution < 1.29 is 4.79 Å². The second-order valence-corrected chi connectivity index (χ2v) is 6.47. The first-order valence-electron chi connectivity index (χ1n) is 7.51. The van der Waals surface area contributed by atoms with Crippen molar-refractivity contribution in [3.05, 3.63) is 47.2 Å². The van der Waals surface area contributed by atoms with Gasteiger partial charge in [-0.3, -0.25) is 4.79 Å². The molecule has 2 atom stereocenters. The first-order chi connectivity index (χ1) is 10.7. The molecule has 2 fully saturated rings. The monoisotopic (exact) mass is 352 g/mol. The fourth-order valence-corrected chi connectivity index (χ4v) is 3.50. The lowest BCUT2D eigenvalue weighted by Gasteiger charge is -2.16. The first-order valence-corrected chi connectivity index (χ1v) is 7.89. The number of benzene rings is 1. The molecule has 1 aromatic carbocycles. The summed E-state index contributed by atoms with van der Waals surface area (Å²) < 4.78 is 1.71. The number of aromatic nitrogens is 2. The quantitative estimate of drug-likeness (QED) is 0.901. The van der Waals surface area contributed by atoms with Gasteiger partial charge in [0.05, 0.1) is 17.4 Å². The van der Waals surface area contributed by atoms with Crippen molar-refractivity contribution >= 4 is 29.9 Å². The van der Waals surface area contributed by atoms with Crippen LogP contribution in [0.25, 0.3) is 5.69 Å².